The summed E-state index contributed by atoms with van der Waals surface area (Å²) in [5.41, 5.74) is 2.80. The van der Waals surface area contributed by atoms with E-state index in [1.807, 2.05) is 18.2 Å². The predicted octanol–water partition coefficient (Wildman–Crippen LogP) is 3.75. The largest absolute Gasteiger partial charge is 0.342 e. The highest BCUT2D eigenvalue weighted by Gasteiger charge is 2.26. The quantitative estimate of drug-likeness (QED) is 0.856. The van der Waals surface area contributed by atoms with Crippen LogP contribution in [0.4, 0.5) is 0 Å². The topological polar surface area (TPSA) is 49.0 Å². The first kappa shape index (κ1) is 14.9. The summed E-state index contributed by atoms with van der Waals surface area (Å²) in [6.45, 7) is 5.47. The molecule has 0 amide bonds. The maximum Gasteiger partial charge on any atom is 0.164 e. The number of hydrogen-bond acceptors (Lipinski definition) is 3. The van der Waals surface area contributed by atoms with E-state index >= 15 is 0 Å². The summed E-state index contributed by atoms with van der Waals surface area (Å²) < 4.78 is 0. The number of nitrogens with one attached hydrogen (secondary N) is 1. The molecular formula is C19H25N3O. The number of Topliss-reactive ketones (excluding diaryl/α,β-unsaturated/α-hetero) is 1. The van der Waals surface area contributed by atoms with E-state index in [2.05, 4.69) is 21.8 Å². The molecule has 23 heavy (non-hydrogen) atoms. The van der Waals surface area contributed by atoms with E-state index in [1.165, 1.54) is 25.7 Å². The normalized spacial score (nSPS) is 22.6. The van der Waals surface area contributed by atoms with E-state index in [-0.39, 0.29) is 5.78 Å². The van der Waals surface area contributed by atoms with Crippen LogP contribution in [0.2, 0.25) is 0 Å². The molecule has 1 saturated heterocycles. The van der Waals surface area contributed by atoms with Crippen molar-refractivity contribution in [2.45, 2.75) is 44.9 Å². The molecule has 1 saturated carbocycles. The molecule has 1 aromatic carbocycles. The molecule has 4 rings (SSSR count). The third-order valence-corrected chi connectivity index (χ3v) is 5.18. The molecule has 2 aromatic rings. The summed E-state index contributed by atoms with van der Waals surface area (Å²) in [7, 11) is 0. The van der Waals surface area contributed by atoms with Gasteiger partial charge in [-0.05, 0) is 56.3 Å². The maximum atomic E-state index is 12.5. The van der Waals surface area contributed by atoms with E-state index in [9.17, 15) is 4.79 Å². The molecule has 4 nitrogen and oxygen atoms in total. The molecule has 0 bridgehead atoms. The maximum absolute atomic E-state index is 12.5. The number of likely N-dealkylation sites (tertiary alicyclic amines) is 1. The lowest BCUT2D eigenvalue weighted by Crippen LogP contribution is -2.35. The van der Waals surface area contributed by atoms with Crippen molar-refractivity contribution in [2.75, 3.05) is 19.6 Å². The third kappa shape index (κ3) is 3.32. The third-order valence-electron chi connectivity index (χ3n) is 5.18. The lowest BCUT2D eigenvalue weighted by Gasteiger charge is -2.30. The molecule has 2 heterocycles. The Kier molecular flexibility index (Phi) is 3.93. The number of carbonyl (C=O) groups excluding carboxylic acids is 1. The number of benzene rings is 1. The minimum Gasteiger partial charge on any atom is -0.342 e. The van der Waals surface area contributed by atoms with Crippen LogP contribution in [0.1, 0.15) is 61.1 Å². The van der Waals surface area contributed by atoms with Crippen molar-refractivity contribution in [1.82, 2.24) is 14.9 Å². The molecule has 1 unspecified atom stereocenters. The van der Waals surface area contributed by atoms with Crippen LogP contribution >= 0.6 is 0 Å². The van der Waals surface area contributed by atoms with Crippen LogP contribution < -0.4 is 0 Å². The van der Waals surface area contributed by atoms with Gasteiger partial charge in [0.2, 0.25) is 0 Å². The van der Waals surface area contributed by atoms with E-state index in [0.717, 1.165) is 48.0 Å². The Morgan fingerprint density at radius 1 is 1.35 bits per heavy atom. The number of hydrogen-bond donors (Lipinski definition) is 1. The number of rotatable bonds is 5. The number of carbonyl (C=O) groups is 1. The number of piperidine rings is 1. The monoisotopic (exact) mass is 311 g/mol. The van der Waals surface area contributed by atoms with Crippen molar-refractivity contribution in [1.29, 1.82) is 0 Å². The predicted molar refractivity (Wildman–Crippen MR) is 91.9 cm³/mol. The van der Waals surface area contributed by atoms with E-state index in [0.29, 0.717) is 12.3 Å². The highest BCUT2D eigenvalue weighted by molar-refractivity contribution is 5.99. The number of aromatic nitrogens is 2. The van der Waals surface area contributed by atoms with Gasteiger partial charge in [0, 0.05) is 31.0 Å². The number of nitrogens with zero attached hydrogens (tertiary/aromatic N) is 2. The molecule has 1 aliphatic carbocycles. The number of fused-ring (bicyclic) bond motifs is 1. The van der Waals surface area contributed by atoms with Gasteiger partial charge in [-0.15, -0.1) is 0 Å². The number of aromatic amines is 1. The first-order valence-corrected chi connectivity index (χ1v) is 8.94. The fourth-order valence-electron chi connectivity index (χ4n) is 3.65. The molecule has 4 heteroatoms. The van der Waals surface area contributed by atoms with Crippen molar-refractivity contribution in [3.63, 3.8) is 0 Å². The second-order valence-electron chi connectivity index (χ2n) is 7.35. The Balaban J connectivity index is 1.42. The highest BCUT2D eigenvalue weighted by atomic mass is 16.1. The van der Waals surface area contributed by atoms with Crippen LogP contribution in [0.5, 0.6) is 0 Å². The zero-order valence-corrected chi connectivity index (χ0v) is 13.8. The first-order chi connectivity index (χ1) is 11.2. The summed E-state index contributed by atoms with van der Waals surface area (Å²) in [6.07, 6.45) is 5.67. The van der Waals surface area contributed by atoms with E-state index < -0.39 is 0 Å². The fourth-order valence-corrected chi connectivity index (χ4v) is 3.65. The Morgan fingerprint density at radius 3 is 3.00 bits per heavy atom. The van der Waals surface area contributed by atoms with Crippen LogP contribution in [0.3, 0.4) is 0 Å². The number of H-pyrrole nitrogens is 1. The summed E-state index contributed by atoms with van der Waals surface area (Å²) in [4.78, 5) is 23.0. The molecule has 2 fully saturated rings. The Morgan fingerprint density at radius 2 is 2.22 bits per heavy atom. The van der Waals surface area contributed by atoms with Crippen molar-refractivity contribution in [2.24, 2.45) is 5.92 Å². The zero-order chi connectivity index (χ0) is 15.8. The second kappa shape index (κ2) is 6.08. The first-order valence-electron chi connectivity index (χ1n) is 8.94. The number of imidazole rings is 1. The molecule has 122 valence electrons. The fraction of sp³-hybridized carbons (Fsp3) is 0.579. The molecule has 1 N–H and O–H groups in total. The molecule has 2 aliphatic rings. The lowest BCUT2D eigenvalue weighted by atomic mass is 9.99. The summed E-state index contributed by atoms with van der Waals surface area (Å²) in [6, 6.07) is 5.89. The molecule has 0 radical (unpaired) electrons. The summed E-state index contributed by atoms with van der Waals surface area (Å²) in [5.74, 6) is 2.71. The average Bonchev–Trinajstić information content (AvgIpc) is 3.31. The minimum atomic E-state index is 0.243. The number of ketones is 1. The van der Waals surface area contributed by atoms with E-state index in [4.69, 9.17) is 0 Å². The minimum absolute atomic E-state index is 0.243. The summed E-state index contributed by atoms with van der Waals surface area (Å²) in [5, 5.41) is 0. The average molecular weight is 311 g/mol. The van der Waals surface area contributed by atoms with Crippen molar-refractivity contribution < 1.29 is 4.79 Å². The van der Waals surface area contributed by atoms with Gasteiger partial charge >= 0.3 is 0 Å². The van der Waals surface area contributed by atoms with Crippen LogP contribution in [-0.2, 0) is 0 Å². The standard InChI is InChI=1S/C19H25N3O/c1-13-3-2-9-22(12-13)10-8-18(23)15-6-7-16-17(11-15)21-19(20-16)14-4-5-14/h6-7,11,13-14H,2-5,8-10,12H2,1H3,(H,20,21). The van der Waals surface area contributed by atoms with Crippen LogP contribution in [0.25, 0.3) is 11.0 Å². The lowest BCUT2D eigenvalue weighted by molar-refractivity contribution is 0.0949. The van der Waals surface area contributed by atoms with Gasteiger partial charge in [0.25, 0.3) is 0 Å². The van der Waals surface area contributed by atoms with Crippen LogP contribution in [-0.4, -0.2) is 40.3 Å². The molecule has 1 atom stereocenters. The SMILES string of the molecule is CC1CCCN(CCC(=O)c2ccc3nc(C4CC4)[nH]c3c2)C1. The van der Waals surface area contributed by atoms with Gasteiger partial charge in [0.1, 0.15) is 5.82 Å². The molecule has 0 spiro atoms. The van der Waals surface area contributed by atoms with Gasteiger partial charge in [0.05, 0.1) is 11.0 Å². The summed E-state index contributed by atoms with van der Waals surface area (Å²) >= 11 is 0. The van der Waals surface area contributed by atoms with Gasteiger partial charge in [-0.3, -0.25) is 4.79 Å². The Bertz CT molecular complexity index is 716. The smallest absolute Gasteiger partial charge is 0.164 e. The zero-order valence-electron chi connectivity index (χ0n) is 13.8. The molecular weight excluding hydrogens is 286 g/mol. The Hall–Kier alpha value is -1.68. The van der Waals surface area contributed by atoms with Crippen molar-refractivity contribution in [3.05, 3.63) is 29.6 Å². The van der Waals surface area contributed by atoms with E-state index in [1.54, 1.807) is 0 Å². The van der Waals surface area contributed by atoms with Crippen molar-refractivity contribution in [3.8, 4) is 0 Å². The van der Waals surface area contributed by atoms with Gasteiger partial charge in [-0.25, -0.2) is 4.98 Å². The van der Waals surface area contributed by atoms with Gasteiger partial charge in [-0.1, -0.05) is 6.92 Å². The van der Waals surface area contributed by atoms with Crippen LogP contribution in [0, 0.1) is 5.92 Å². The Labute approximate surface area is 137 Å². The molecule has 1 aliphatic heterocycles. The second-order valence-corrected chi connectivity index (χ2v) is 7.35. The van der Waals surface area contributed by atoms with Crippen LogP contribution in [0.15, 0.2) is 18.2 Å². The van der Waals surface area contributed by atoms with Gasteiger partial charge in [-0.2, -0.15) is 0 Å². The van der Waals surface area contributed by atoms with Gasteiger partial charge in [0.15, 0.2) is 5.78 Å². The molecule has 1 aromatic heterocycles. The van der Waals surface area contributed by atoms with Crippen molar-refractivity contribution >= 4 is 16.8 Å². The highest BCUT2D eigenvalue weighted by Crippen LogP contribution is 2.39. The van der Waals surface area contributed by atoms with Gasteiger partial charge < -0.3 is 9.88 Å².